The van der Waals surface area contributed by atoms with Crippen LogP contribution in [0.4, 0.5) is 11.5 Å². The molecule has 2 fully saturated rings. The summed E-state index contributed by atoms with van der Waals surface area (Å²) in [5.41, 5.74) is -1.37. The summed E-state index contributed by atoms with van der Waals surface area (Å²) in [6.07, 6.45) is 3.51. The summed E-state index contributed by atoms with van der Waals surface area (Å²) < 4.78 is 7.19. The minimum atomic E-state index is -0.766. The van der Waals surface area contributed by atoms with Crippen LogP contribution in [0.5, 0.6) is 0 Å². The first kappa shape index (κ1) is 13.9. The quantitative estimate of drug-likeness (QED) is 0.825. The molecular weight excluding hydrogens is 334 g/mol. The molecule has 122 valence electrons. The van der Waals surface area contributed by atoms with Crippen molar-refractivity contribution in [3.63, 3.8) is 0 Å². The normalized spacial score (nSPS) is 29.2. The number of nitrogens with one attached hydrogen (secondary N) is 1. The van der Waals surface area contributed by atoms with Gasteiger partial charge < -0.3 is 10.1 Å². The van der Waals surface area contributed by atoms with Crippen LogP contribution in [0.25, 0.3) is 0 Å². The van der Waals surface area contributed by atoms with Crippen molar-refractivity contribution in [2.75, 3.05) is 11.9 Å². The standard InChI is InChI=1S/C15H12ClN5O3/c1-14-15(3-5-24-14)20-11(13(23)21(14)15)8(16)6-9(12(20)22)19-10-2-4-17-7-18-10/h2,4,6-7H,3,5H2,1H3,(H,17,18,19). The van der Waals surface area contributed by atoms with Crippen molar-refractivity contribution in [2.45, 2.75) is 24.7 Å². The maximum atomic E-state index is 13.0. The summed E-state index contributed by atoms with van der Waals surface area (Å²) in [4.78, 5) is 35.2. The first-order chi connectivity index (χ1) is 11.5. The molecule has 8 nitrogen and oxygen atoms in total. The Morgan fingerprint density at radius 3 is 3.00 bits per heavy atom. The van der Waals surface area contributed by atoms with Crippen molar-refractivity contribution >= 4 is 29.0 Å². The molecule has 2 unspecified atom stereocenters. The van der Waals surface area contributed by atoms with Crippen molar-refractivity contribution in [2.24, 2.45) is 0 Å². The van der Waals surface area contributed by atoms with Crippen LogP contribution in [0, 0.1) is 0 Å². The highest BCUT2D eigenvalue weighted by Gasteiger charge is 2.84. The predicted molar refractivity (Wildman–Crippen MR) is 84.1 cm³/mol. The van der Waals surface area contributed by atoms with Gasteiger partial charge in [0.15, 0.2) is 11.4 Å². The van der Waals surface area contributed by atoms with Crippen molar-refractivity contribution in [3.8, 4) is 0 Å². The molecule has 0 aromatic carbocycles. The summed E-state index contributed by atoms with van der Waals surface area (Å²) in [5.74, 6) is 0.200. The fourth-order valence-corrected chi connectivity index (χ4v) is 4.30. The zero-order valence-corrected chi connectivity index (χ0v) is 13.4. The van der Waals surface area contributed by atoms with Gasteiger partial charge in [0.1, 0.15) is 23.5 Å². The molecule has 2 saturated heterocycles. The van der Waals surface area contributed by atoms with Gasteiger partial charge in [-0.25, -0.2) is 9.97 Å². The molecule has 5 rings (SSSR count). The molecule has 3 aliphatic rings. The Labute approximate surface area is 141 Å². The Balaban J connectivity index is 1.71. The number of aromatic nitrogens is 3. The molecule has 0 aliphatic carbocycles. The fraction of sp³-hybridized carbons (Fsp3) is 0.333. The number of amides is 1. The molecule has 3 aliphatic heterocycles. The molecule has 2 aromatic rings. The van der Waals surface area contributed by atoms with E-state index >= 15 is 0 Å². The number of pyridine rings is 1. The number of halogens is 1. The van der Waals surface area contributed by atoms with E-state index < -0.39 is 11.4 Å². The maximum Gasteiger partial charge on any atom is 0.277 e. The Morgan fingerprint density at radius 2 is 2.25 bits per heavy atom. The fourth-order valence-electron chi connectivity index (χ4n) is 4.02. The van der Waals surface area contributed by atoms with E-state index in [2.05, 4.69) is 15.3 Å². The van der Waals surface area contributed by atoms with E-state index in [1.54, 1.807) is 17.2 Å². The van der Waals surface area contributed by atoms with Gasteiger partial charge in [-0.05, 0) is 19.1 Å². The second-order valence-electron chi connectivity index (χ2n) is 6.15. The number of anilines is 2. The highest BCUT2D eigenvalue weighted by molar-refractivity contribution is 6.34. The number of carbonyl (C=O) groups is 1. The molecule has 1 spiro atoms. The largest absolute Gasteiger partial charge is 0.351 e. The SMILES string of the molecule is CC12OCCC13N2C(=O)c1c(Cl)cc(Nc2ccncn2)c(=O)n13. The van der Waals surface area contributed by atoms with E-state index in [0.717, 1.165) is 0 Å². The number of carbonyl (C=O) groups excluding carboxylic acids is 1. The van der Waals surface area contributed by atoms with Crippen molar-refractivity contribution in [1.82, 2.24) is 19.4 Å². The number of ether oxygens (including phenoxy) is 1. The van der Waals surface area contributed by atoms with Crippen LogP contribution in [0.2, 0.25) is 5.02 Å². The van der Waals surface area contributed by atoms with E-state index in [1.165, 1.54) is 17.0 Å². The van der Waals surface area contributed by atoms with E-state index in [4.69, 9.17) is 16.3 Å². The van der Waals surface area contributed by atoms with Gasteiger partial charge >= 0.3 is 0 Å². The molecule has 24 heavy (non-hydrogen) atoms. The van der Waals surface area contributed by atoms with Gasteiger partial charge in [-0.2, -0.15) is 0 Å². The number of nitrogens with zero attached hydrogens (tertiary/aromatic N) is 4. The van der Waals surface area contributed by atoms with Gasteiger partial charge in [0.25, 0.3) is 11.5 Å². The summed E-state index contributed by atoms with van der Waals surface area (Å²) >= 11 is 6.31. The maximum absolute atomic E-state index is 13.0. The Kier molecular flexibility index (Phi) is 2.41. The average molecular weight is 346 g/mol. The molecule has 5 heterocycles. The second-order valence-corrected chi connectivity index (χ2v) is 6.56. The summed E-state index contributed by atoms with van der Waals surface area (Å²) in [6, 6.07) is 3.10. The third-order valence-corrected chi connectivity index (χ3v) is 5.39. The van der Waals surface area contributed by atoms with Crippen LogP contribution in [0.1, 0.15) is 23.8 Å². The Hall–Kier alpha value is -2.45. The number of fused-ring (bicyclic) bond motifs is 2. The number of hydrogen-bond acceptors (Lipinski definition) is 6. The van der Waals surface area contributed by atoms with Crippen molar-refractivity contribution < 1.29 is 9.53 Å². The van der Waals surface area contributed by atoms with Gasteiger partial charge in [0.2, 0.25) is 0 Å². The lowest BCUT2D eigenvalue weighted by molar-refractivity contribution is 0.0207. The lowest BCUT2D eigenvalue weighted by atomic mass is 10.1. The second kappa shape index (κ2) is 4.14. The average Bonchev–Trinajstić information content (AvgIpc) is 2.80. The van der Waals surface area contributed by atoms with E-state index in [1.807, 2.05) is 6.92 Å². The van der Waals surface area contributed by atoms with Gasteiger partial charge in [-0.3, -0.25) is 19.1 Å². The summed E-state index contributed by atoms with van der Waals surface area (Å²) in [7, 11) is 0. The highest BCUT2D eigenvalue weighted by Crippen LogP contribution is 2.66. The van der Waals surface area contributed by atoms with Crippen LogP contribution in [-0.2, 0) is 10.4 Å². The summed E-state index contributed by atoms with van der Waals surface area (Å²) in [5, 5.41) is 3.17. The molecule has 1 amide bonds. The predicted octanol–water partition coefficient (Wildman–Crippen LogP) is 1.29. The van der Waals surface area contributed by atoms with Gasteiger partial charge in [0, 0.05) is 12.6 Å². The third-order valence-electron chi connectivity index (χ3n) is 5.10. The van der Waals surface area contributed by atoms with Crippen LogP contribution < -0.4 is 10.9 Å². The molecule has 0 saturated carbocycles. The number of hydrogen-bond donors (Lipinski definition) is 1. The zero-order valence-electron chi connectivity index (χ0n) is 12.6. The van der Waals surface area contributed by atoms with Crippen LogP contribution in [0.3, 0.4) is 0 Å². The monoisotopic (exact) mass is 345 g/mol. The highest BCUT2D eigenvalue weighted by atomic mass is 35.5. The topological polar surface area (TPSA) is 89.1 Å². The van der Waals surface area contributed by atoms with Crippen molar-refractivity contribution in [1.29, 1.82) is 0 Å². The van der Waals surface area contributed by atoms with Crippen molar-refractivity contribution in [3.05, 3.63) is 45.7 Å². The first-order valence-corrected chi connectivity index (χ1v) is 7.86. The molecule has 0 bridgehead atoms. The van der Waals surface area contributed by atoms with E-state index in [9.17, 15) is 9.59 Å². The van der Waals surface area contributed by atoms with Gasteiger partial charge in [-0.15, -0.1) is 0 Å². The third kappa shape index (κ3) is 1.35. The Bertz CT molecular complexity index is 962. The molecule has 2 aromatic heterocycles. The van der Waals surface area contributed by atoms with Crippen LogP contribution in [-0.4, -0.2) is 37.7 Å². The Morgan fingerprint density at radius 1 is 1.42 bits per heavy atom. The molecular formula is C15H12ClN5O3. The molecule has 0 radical (unpaired) electrons. The minimum absolute atomic E-state index is 0.220. The van der Waals surface area contributed by atoms with E-state index in [0.29, 0.717) is 18.8 Å². The molecule has 1 N–H and O–H groups in total. The zero-order chi connectivity index (χ0) is 16.7. The number of rotatable bonds is 2. The molecule has 2 atom stereocenters. The van der Waals surface area contributed by atoms with Crippen LogP contribution in [0.15, 0.2) is 29.5 Å². The minimum Gasteiger partial charge on any atom is -0.351 e. The van der Waals surface area contributed by atoms with Crippen LogP contribution >= 0.6 is 11.6 Å². The van der Waals surface area contributed by atoms with Gasteiger partial charge in [0.05, 0.1) is 11.6 Å². The lowest BCUT2D eigenvalue weighted by Crippen LogP contribution is -2.36. The molecule has 9 heteroatoms. The van der Waals surface area contributed by atoms with Gasteiger partial charge in [-0.1, -0.05) is 11.6 Å². The first-order valence-electron chi connectivity index (χ1n) is 7.48. The van der Waals surface area contributed by atoms with E-state index in [-0.39, 0.29) is 27.9 Å². The smallest absolute Gasteiger partial charge is 0.277 e. The summed E-state index contributed by atoms with van der Waals surface area (Å²) in [6.45, 7) is 2.32. The lowest BCUT2D eigenvalue weighted by Gasteiger charge is -2.17.